The number of thioether (sulfide) groups is 1. The SMILES string of the molecule is CO[Si](C)(CCCNCCSCCC[Si](OC)(OC)OC)OC. The Labute approximate surface area is 148 Å². The van der Waals surface area contributed by atoms with Crippen molar-refractivity contribution in [2.24, 2.45) is 0 Å². The molecule has 0 fully saturated rings. The van der Waals surface area contributed by atoms with Crippen LogP contribution in [-0.4, -0.2) is 77.5 Å². The average Bonchev–Trinajstić information content (AvgIpc) is 2.60. The molecule has 0 aromatic carbocycles. The molecule has 0 rings (SSSR count). The van der Waals surface area contributed by atoms with Crippen molar-refractivity contribution in [3.63, 3.8) is 0 Å². The lowest BCUT2D eigenvalue weighted by Crippen LogP contribution is -2.42. The van der Waals surface area contributed by atoms with E-state index >= 15 is 0 Å². The minimum atomic E-state index is -2.38. The molecule has 23 heavy (non-hydrogen) atoms. The van der Waals surface area contributed by atoms with Gasteiger partial charge in [-0.25, -0.2) is 0 Å². The molecule has 0 amide bonds. The largest absolute Gasteiger partial charge is 0.500 e. The summed E-state index contributed by atoms with van der Waals surface area (Å²) < 4.78 is 27.2. The Kier molecular flexibility index (Phi) is 14.1. The van der Waals surface area contributed by atoms with E-state index in [9.17, 15) is 0 Å². The van der Waals surface area contributed by atoms with Gasteiger partial charge in [0.05, 0.1) is 0 Å². The number of hydrogen-bond donors (Lipinski definition) is 1. The van der Waals surface area contributed by atoms with Gasteiger partial charge in [-0.05, 0) is 37.7 Å². The van der Waals surface area contributed by atoms with Crippen LogP contribution in [-0.2, 0) is 22.1 Å². The van der Waals surface area contributed by atoms with Gasteiger partial charge in [0, 0.05) is 53.9 Å². The van der Waals surface area contributed by atoms with Gasteiger partial charge in [0.1, 0.15) is 0 Å². The maximum absolute atomic E-state index is 5.47. The summed E-state index contributed by atoms with van der Waals surface area (Å²) in [6.45, 7) is 4.15. The minimum absolute atomic E-state index is 0.869. The minimum Gasteiger partial charge on any atom is -0.398 e. The summed E-state index contributed by atoms with van der Waals surface area (Å²) in [5, 5.41) is 3.47. The predicted molar refractivity (Wildman–Crippen MR) is 101 cm³/mol. The number of nitrogens with one attached hydrogen (secondary N) is 1. The Hall–Kier alpha value is 0.544. The summed E-state index contributed by atoms with van der Waals surface area (Å²) in [5.41, 5.74) is 0. The second-order valence-electron chi connectivity index (χ2n) is 5.41. The highest BCUT2D eigenvalue weighted by atomic mass is 32.2. The standard InChI is InChI=1S/C14H35NO5SSi2/c1-16-22(6,17-2)13-7-9-15-10-12-21-11-8-14-23(18-3,19-4)20-5/h15H,7-14H2,1-6H3. The van der Waals surface area contributed by atoms with Crippen molar-refractivity contribution < 1.29 is 22.1 Å². The van der Waals surface area contributed by atoms with E-state index in [0.717, 1.165) is 49.5 Å². The summed E-state index contributed by atoms with van der Waals surface area (Å²) in [6, 6.07) is 1.89. The van der Waals surface area contributed by atoms with Crippen molar-refractivity contribution in [1.29, 1.82) is 0 Å². The highest BCUT2D eigenvalue weighted by Gasteiger charge is 2.36. The molecule has 9 heteroatoms. The highest BCUT2D eigenvalue weighted by molar-refractivity contribution is 7.99. The van der Waals surface area contributed by atoms with E-state index in [4.69, 9.17) is 22.1 Å². The van der Waals surface area contributed by atoms with E-state index in [1.54, 1.807) is 35.5 Å². The summed E-state index contributed by atoms with van der Waals surface area (Å²) in [4.78, 5) is 0. The molecule has 0 aromatic rings. The predicted octanol–water partition coefficient (Wildman–Crippen LogP) is 2.33. The fraction of sp³-hybridized carbons (Fsp3) is 1.00. The molecule has 0 atom stereocenters. The van der Waals surface area contributed by atoms with Crippen molar-refractivity contribution in [2.75, 3.05) is 60.1 Å². The first-order valence-electron chi connectivity index (χ1n) is 8.05. The Morgan fingerprint density at radius 3 is 1.87 bits per heavy atom. The van der Waals surface area contributed by atoms with Crippen LogP contribution >= 0.6 is 11.8 Å². The molecule has 0 aliphatic carbocycles. The molecule has 0 unspecified atom stereocenters. The molecule has 0 heterocycles. The molecule has 0 spiro atoms. The Morgan fingerprint density at radius 1 is 0.739 bits per heavy atom. The molecule has 0 aliphatic rings. The van der Waals surface area contributed by atoms with Crippen LogP contribution in [0.25, 0.3) is 0 Å². The van der Waals surface area contributed by atoms with Gasteiger partial charge in [0.2, 0.25) is 0 Å². The summed E-state index contributed by atoms with van der Waals surface area (Å²) in [7, 11) is 4.21. The lowest BCUT2D eigenvalue weighted by atomic mass is 10.5. The third-order valence-electron chi connectivity index (χ3n) is 3.98. The normalized spacial score (nSPS) is 12.8. The second kappa shape index (κ2) is 13.8. The van der Waals surface area contributed by atoms with E-state index in [1.807, 2.05) is 11.8 Å². The van der Waals surface area contributed by atoms with Crippen LogP contribution in [0.4, 0.5) is 0 Å². The first-order chi connectivity index (χ1) is 11.0. The molecule has 1 N–H and O–H groups in total. The number of rotatable bonds is 16. The quantitative estimate of drug-likeness (QED) is 0.323. The van der Waals surface area contributed by atoms with E-state index in [1.165, 1.54) is 0 Å². The zero-order valence-corrected chi connectivity index (χ0v) is 18.4. The maximum atomic E-state index is 5.47. The van der Waals surface area contributed by atoms with Crippen molar-refractivity contribution in [1.82, 2.24) is 5.32 Å². The van der Waals surface area contributed by atoms with Crippen LogP contribution < -0.4 is 5.32 Å². The van der Waals surface area contributed by atoms with Gasteiger partial charge >= 0.3 is 17.4 Å². The third-order valence-corrected chi connectivity index (χ3v) is 10.9. The molecule has 0 bridgehead atoms. The van der Waals surface area contributed by atoms with Crippen molar-refractivity contribution in [2.45, 2.75) is 31.5 Å². The van der Waals surface area contributed by atoms with Crippen molar-refractivity contribution >= 4 is 29.1 Å². The van der Waals surface area contributed by atoms with E-state index in [0.29, 0.717) is 0 Å². The summed E-state index contributed by atoms with van der Waals surface area (Å²) in [5.74, 6) is 2.22. The Balaban J connectivity index is 3.50. The smallest absolute Gasteiger partial charge is 0.398 e. The zero-order valence-electron chi connectivity index (χ0n) is 15.6. The molecule has 0 saturated carbocycles. The van der Waals surface area contributed by atoms with Gasteiger partial charge in [-0.1, -0.05) is 0 Å². The van der Waals surface area contributed by atoms with Gasteiger partial charge < -0.3 is 27.4 Å². The van der Waals surface area contributed by atoms with Crippen molar-refractivity contribution in [3.8, 4) is 0 Å². The molecule has 0 radical (unpaired) electrons. The van der Waals surface area contributed by atoms with Gasteiger partial charge in [-0.3, -0.25) is 0 Å². The molecule has 6 nitrogen and oxygen atoms in total. The van der Waals surface area contributed by atoms with Crippen LogP contribution in [0.1, 0.15) is 12.8 Å². The first kappa shape index (κ1) is 23.5. The number of hydrogen-bond acceptors (Lipinski definition) is 7. The summed E-state index contributed by atoms with van der Waals surface area (Å²) >= 11 is 1.95. The molecule has 0 aliphatic heterocycles. The monoisotopic (exact) mass is 385 g/mol. The molecule has 0 saturated heterocycles. The van der Waals surface area contributed by atoms with Crippen LogP contribution in [0.3, 0.4) is 0 Å². The Morgan fingerprint density at radius 2 is 1.35 bits per heavy atom. The second-order valence-corrected chi connectivity index (χ2v) is 13.3. The lowest BCUT2D eigenvalue weighted by Gasteiger charge is -2.24. The fourth-order valence-corrected chi connectivity index (χ4v) is 6.35. The van der Waals surface area contributed by atoms with E-state index in [2.05, 4.69) is 11.9 Å². The van der Waals surface area contributed by atoms with Gasteiger partial charge in [-0.2, -0.15) is 11.8 Å². The third kappa shape index (κ3) is 10.2. The van der Waals surface area contributed by atoms with E-state index < -0.39 is 17.4 Å². The molecular formula is C14H35NO5SSi2. The fourth-order valence-electron chi connectivity index (χ4n) is 2.14. The van der Waals surface area contributed by atoms with Crippen LogP contribution in [0.15, 0.2) is 0 Å². The highest BCUT2D eigenvalue weighted by Crippen LogP contribution is 2.17. The van der Waals surface area contributed by atoms with Gasteiger partial charge in [0.15, 0.2) is 0 Å². The average molecular weight is 386 g/mol. The van der Waals surface area contributed by atoms with Gasteiger partial charge in [-0.15, -0.1) is 0 Å². The van der Waals surface area contributed by atoms with Crippen LogP contribution in [0.2, 0.25) is 18.6 Å². The molecular weight excluding hydrogens is 350 g/mol. The maximum Gasteiger partial charge on any atom is 0.500 e. The summed E-state index contributed by atoms with van der Waals surface area (Å²) in [6.07, 6.45) is 2.15. The lowest BCUT2D eigenvalue weighted by molar-refractivity contribution is 0.123. The Bertz CT molecular complexity index is 274. The molecule has 140 valence electrons. The first-order valence-corrected chi connectivity index (χ1v) is 13.7. The van der Waals surface area contributed by atoms with Gasteiger partial charge in [0.25, 0.3) is 0 Å². The topological polar surface area (TPSA) is 58.2 Å². The van der Waals surface area contributed by atoms with Crippen LogP contribution in [0, 0.1) is 0 Å². The van der Waals surface area contributed by atoms with Crippen LogP contribution in [0.5, 0.6) is 0 Å². The molecule has 0 aromatic heterocycles. The van der Waals surface area contributed by atoms with E-state index in [-0.39, 0.29) is 0 Å². The van der Waals surface area contributed by atoms with Crippen molar-refractivity contribution in [3.05, 3.63) is 0 Å². The zero-order chi connectivity index (χ0) is 17.6.